The minimum atomic E-state index is -3.09. The van der Waals surface area contributed by atoms with Crippen LogP contribution in [0.3, 0.4) is 0 Å². The quantitative estimate of drug-likeness (QED) is 0.253. The Morgan fingerprint density at radius 3 is 1.35 bits per heavy atom. The van der Waals surface area contributed by atoms with Gasteiger partial charge in [-0.15, -0.1) is 0 Å². The molecule has 0 saturated carbocycles. The lowest BCUT2D eigenvalue weighted by molar-refractivity contribution is -0.246. The van der Waals surface area contributed by atoms with Gasteiger partial charge in [0.15, 0.2) is 9.04 Å². The zero-order valence-electron chi connectivity index (χ0n) is 18.5. The van der Waals surface area contributed by atoms with Crippen LogP contribution >= 0.6 is 0 Å². The number of hydrogen-bond acceptors (Lipinski definition) is 7. The van der Waals surface area contributed by atoms with Gasteiger partial charge >= 0.3 is 8.32 Å². The van der Waals surface area contributed by atoms with Gasteiger partial charge in [0, 0.05) is 63.1 Å². The van der Waals surface area contributed by atoms with Crippen molar-refractivity contribution in [2.45, 2.75) is 54.8 Å². The predicted molar refractivity (Wildman–Crippen MR) is 116 cm³/mol. The Labute approximate surface area is 168 Å². The first-order valence-corrected chi connectivity index (χ1v) is 16.3. The molecular weight excluding hydrogens is 405 g/mol. The van der Waals surface area contributed by atoms with Crippen LogP contribution in [0.4, 0.5) is 0 Å². The summed E-state index contributed by atoms with van der Waals surface area (Å²) in [7, 11) is 6.75. The van der Waals surface area contributed by atoms with Gasteiger partial charge < -0.3 is 32.5 Å². The van der Waals surface area contributed by atoms with Crippen LogP contribution < -0.4 is 0 Å². The maximum absolute atomic E-state index is 6.88. The van der Waals surface area contributed by atoms with E-state index in [1.54, 1.807) is 42.7 Å². The highest BCUT2D eigenvalue weighted by atomic mass is 28.4. The molecule has 0 heterocycles. The van der Waals surface area contributed by atoms with Gasteiger partial charge in [0.05, 0.1) is 11.5 Å². The molecule has 158 valence electrons. The lowest BCUT2D eigenvalue weighted by atomic mass is 10.6. The van der Waals surface area contributed by atoms with Crippen molar-refractivity contribution in [3.63, 3.8) is 0 Å². The fourth-order valence-electron chi connectivity index (χ4n) is 4.03. The van der Waals surface area contributed by atoms with Crippen LogP contribution in [0.25, 0.3) is 0 Å². The van der Waals surface area contributed by atoms with E-state index < -0.39 is 28.2 Å². The second-order valence-electron chi connectivity index (χ2n) is 6.65. The van der Waals surface area contributed by atoms with Crippen molar-refractivity contribution in [2.24, 2.45) is 0 Å². The minimum Gasteiger partial charge on any atom is -0.451 e. The molecule has 2 unspecified atom stereocenters. The van der Waals surface area contributed by atoms with Gasteiger partial charge in [-0.05, 0) is 19.1 Å². The van der Waals surface area contributed by atoms with E-state index in [2.05, 4.69) is 20.0 Å². The molecule has 0 aliphatic heterocycles. The summed E-state index contributed by atoms with van der Waals surface area (Å²) in [5, 5.41) is 0. The highest BCUT2D eigenvalue weighted by Gasteiger charge is 2.74. The smallest absolute Gasteiger partial charge is 0.317 e. The van der Waals surface area contributed by atoms with E-state index in [9.17, 15) is 0 Å². The maximum atomic E-state index is 6.88. The fourth-order valence-corrected chi connectivity index (χ4v) is 17.5. The van der Waals surface area contributed by atoms with Gasteiger partial charge in [-0.3, -0.25) is 0 Å². The third kappa shape index (κ3) is 4.43. The summed E-state index contributed by atoms with van der Waals surface area (Å²) in [5.74, 6) is 0. The van der Waals surface area contributed by atoms with E-state index in [-0.39, 0.29) is 11.5 Å². The van der Waals surface area contributed by atoms with Gasteiger partial charge in [0.2, 0.25) is 10.8 Å². The van der Waals surface area contributed by atoms with E-state index in [0.717, 1.165) is 12.5 Å². The Morgan fingerprint density at radius 1 is 0.808 bits per heavy atom. The van der Waals surface area contributed by atoms with E-state index in [0.29, 0.717) is 20.5 Å². The molecule has 0 aromatic rings. The molecule has 0 saturated heterocycles. The van der Waals surface area contributed by atoms with Gasteiger partial charge in [0.1, 0.15) is 0 Å². The van der Waals surface area contributed by atoms with Crippen molar-refractivity contribution in [3.05, 3.63) is 0 Å². The monoisotopic (exact) mass is 444 g/mol. The second kappa shape index (κ2) is 11.6. The molecule has 0 aliphatic carbocycles. The van der Waals surface area contributed by atoms with Crippen molar-refractivity contribution in [3.8, 4) is 0 Å². The van der Waals surface area contributed by atoms with Gasteiger partial charge in [-0.2, -0.15) is 0 Å². The van der Waals surface area contributed by atoms with Gasteiger partial charge in [0.25, 0.3) is 0 Å². The topological polar surface area (TPSA) is 64.6 Å². The number of hydrogen-bond donors (Lipinski definition) is 0. The molecule has 2 atom stereocenters. The zero-order valence-corrected chi connectivity index (χ0v) is 24.7. The predicted octanol–water partition coefficient (Wildman–Crippen LogP) is -0.926. The summed E-state index contributed by atoms with van der Waals surface area (Å²) in [5.41, 5.74) is -2.62. The van der Waals surface area contributed by atoms with E-state index in [1.165, 1.54) is 0 Å². The van der Waals surface area contributed by atoms with Crippen molar-refractivity contribution in [2.75, 3.05) is 42.7 Å². The highest BCUT2D eigenvalue weighted by Crippen LogP contribution is 2.45. The Bertz CT molecular complexity index is 366. The molecular formula is C15H40O7Si4. The molecule has 0 aromatic heterocycles. The maximum Gasteiger partial charge on any atom is 0.317 e. The second-order valence-corrected chi connectivity index (χ2v) is 15.3. The number of rotatable bonds is 14. The third-order valence-corrected chi connectivity index (χ3v) is 17.4. The Balaban J connectivity index is 7.04. The first kappa shape index (κ1) is 26.6. The highest BCUT2D eigenvalue weighted by molar-refractivity contribution is 6.85. The SMILES string of the molecule is CCC[Si](O[SiH](C)C)(C(OC)(OC)C([SiH3])OC)C(OC)(OC)C([SiH3])OC. The summed E-state index contributed by atoms with van der Waals surface area (Å²) in [6, 6.07) is 0.742. The summed E-state index contributed by atoms with van der Waals surface area (Å²) in [6.07, 6.45) is 0.881. The van der Waals surface area contributed by atoms with Crippen LogP contribution in [-0.4, -0.2) is 103 Å². The lowest BCUT2D eigenvalue weighted by Gasteiger charge is -2.57. The Hall–Kier alpha value is 0.588. The van der Waals surface area contributed by atoms with E-state index >= 15 is 0 Å². The average molecular weight is 445 g/mol. The lowest BCUT2D eigenvalue weighted by Crippen LogP contribution is -2.83. The van der Waals surface area contributed by atoms with Crippen LogP contribution in [0.5, 0.6) is 0 Å². The molecule has 0 radical (unpaired) electrons. The number of ether oxygens (including phenoxy) is 6. The first-order valence-electron chi connectivity index (χ1n) is 9.12. The molecule has 11 heteroatoms. The van der Waals surface area contributed by atoms with Crippen LogP contribution in [0, 0.1) is 0 Å². The summed E-state index contributed by atoms with van der Waals surface area (Å²) < 4.78 is 42.9. The summed E-state index contributed by atoms with van der Waals surface area (Å²) in [6.45, 7) is 6.42. The Kier molecular flexibility index (Phi) is 11.8. The van der Waals surface area contributed by atoms with Gasteiger partial charge in [-0.25, -0.2) is 0 Å². The molecule has 0 N–H and O–H groups in total. The normalized spacial score (nSPS) is 18.2. The van der Waals surface area contributed by atoms with Crippen molar-refractivity contribution >= 4 is 37.8 Å². The molecule has 0 aromatic carbocycles. The summed E-state index contributed by atoms with van der Waals surface area (Å²) >= 11 is 0. The minimum absolute atomic E-state index is 0.251. The standard InChI is InChI=1S/C15H40O7Si4/c1-10-11-26(22-25(8)9,14(18-4,19-5)12(23)16-2)15(20-6,21-7)13(24)17-3/h12-13,25H,10-11H2,1-9,23-24H3. The average Bonchev–Trinajstić information content (AvgIpc) is 2.63. The fraction of sp³-hybridized carbons (Fsp3) is 1.00. The zero-order chi connectivity index (χ0) is 20.6. The molecule has 0 aliphatic rings. The van der Waals surface area contributed by atoms with Crippen molar-refractivity contribution in [1.29, 1.82) is 0 Å². The Morgan fingerprint density at radius 2 is 1.15 bits per heavy atom. The first-order chi connectivity index (χ1) is 12.2. The third-order valence-electron chi connectivity index (χ3n) is 5.16. The summed E-state index contributed by atoms with van der Waals surface area (Å²) in [4.78, 5) is 0. The molecule has 0 rings (SSSR count). The largest absolute Gasteiger partial charge is 0.451 e. The van der Waals surface area contributed by atoms with Gasteiger partial charge in [-0.1, -0.05) is 13.3 Å². The molecule has 0 spiro atoms. The number of methoxy groups -OCH3 is 6. The molecule has 26 heavy (non-hydrogen) atoms. The van der Waals surface area contributed by atoms with Crippen molar-refractivity contribution in [1.82, 2.24) is 0 Å². The molecule has 0 amide bonds. The van der Waals surface area contributed by atoms with Crippen LogP contribution in [0.1, 0.15) is 13.3 Å². The van der Waals surface area contributed by atoms with Crippen LogP contribution in [0.2, 0.25) is 19.1 Å². The van der Waals surface area contributed by atoms with E-state index in [1.807, 2.05) is 0 Å². The molecule has 0 fully saturated rings. The molecule has 7 nitrogen and oxygen atoms in total. The van der Waals surface area contributed by atoms with Crippen molar-refractivity contribution < 1.29 is 32.5 Å². The van der Waals surface area contributed by atoms with Crippen LogP contribution in [0.15, 0.2) is 0 Å². The van der Waals surface area contributed by atoms with Crippen LogP contribution in [-0.2, 0) is 32.5 Å². The molecule has 0 bridgehead atoms. The van der Waals surface area contributed by atoms with E-state index in [4.69, 9.17) is 32.5 Å².